The van der Waals surface area contributed by atoms with E-state index in [9.17, 15) is 0 Å². The van der Waals surface area contributed by atoms with E-state index in [0.717, 1.165) is 0 Å². The van der Waals surface area contributed by atoms with Crippen molar-refractivity contribution in [2.45, 2.75) is 13.8 Å². The fourth-order valence-corrected chi connectivity index (χ4v) is 2.74. The summed E-state index contributed by atoms with van der Waals surface area (Å²) in [5.74, 6) is 0. The summed E-state index contributed by atoms with van der Waals surface area (Å²) in [5, 5.41) is 0. The van der Waals surface area contributed by atoms with E-state index in [1.165, 1.54) is 27.5 Å². The van der Waals surface area contributed by atoms with Gasteiger partial charge in [0.2, 0.25) is 6.71 Å². The smallest absolute Gasteiger partial charge is 0.0687 e. The topological polar surface area (TPSA) is 0 Å². The average molecular weight is 270 g/mol. The normalized spacial score (nSPS) is 10.4. The maximum absolute atomic E-state index is 2.24. The molecule has 0 heterocycles. The molecule has 0 N–H and O–H groups in total. The van der Waals surface area contributed by atoms with Crippen molar-refractivity contribution in [1.29, 1.82) is 0 Å². The average Bonchev–Trinajstić information content (AvgIpc) is 2.52. The number of rotatable bonds is 3. The highest BCUT2D eigenvalue weighted by Gasteiger charge is 2.20. The Balaban J connectivity index is 2.11. The summed E-state index contributed by atoms with van der Waals surface area (Å²) in [6.45, 7) is 4.56. The summed E-state index contributed by atoms with van der Waals surface area (Å²) in [6, 6.07) is 28.5. The maximum atomic E-state index is 2.24. The van der Waals surface area contributed by atoms with Crippen LogP contribution in [0.4, 0.5) is 0 Å². The molecular formula is C20H19B. The second-order valence-electron chi connectivity index (χ2n) is 5.67. The summed E-state index contributed by atoms with van der Waals surface area (Å²) < 4.78 is 0. The predicted octanol–water partition coefficient (Wildman–Crippen LogP) is 2.82. The van der Waals surface area contributed by atoms with Crippen LogP contribution in [0, 0.1) is 13.8 Å². The van der Waals surface area contributed by atoms with Crippen LogP contribution in [-0.2, 0) is 0 Å². The van der Waals surface area contributed by atoms with E-state index in [1.54, 1.807) is 0 Å². The highest BCUT2D eigenvalue weighted by Crippen LogP contribution is 2.00. The second-order valence-corrected chi connectivity index (χ2v) is 5.67. The maximum Gasteiger partial charge on any atom is 0.241 e. The quantitative estimate of drug-likeness (QED) is 0.642. The molecule has 0 aromatic heterocycles. The third-order valence-electron chi connectivity index (χ3n) is 3.95. The van der Waals surface area contributed by atoms with Crippen LogP contribution in [0.25, 0.3) is 0 Å². The third-order valence-corrected chi connectivity index (χ3v) is 3.95. The largest absolute Gasteiger partial charge is 0.241 e. The molecule has 3 aromatic carbocycles. The molecular weight excluding hydrogens is 251 g/mol. The lowest BCUT2D eigenvalue weighted by atomic mass is 9.37. The van der Waals surface area contributed by atoms with Crippen LogP contribution in [-0.4, -0.2) is 6.71 Å². The minimum atomic E-state index is 0.299. The molecule has 0 aliphatic carbocycles. The van der Waals surface area contributed by atoms with Gasteiger partial charge in [-0.2, -0.15) is 0 Å². The van der Waals surface area contributed by atoms with Crippen molar-refractivity contribution in [3.63, 3.8) is 0 Å². The van der Waals surface area contributed by atoms with E-state index in [0.29, 0.717) is 6.71 Å². The van der Waals surface area contributed by atoms with E-state index < -0.39 is 0 Å². The van der Waals surface area contributed by atoms with Crippen molar-refractivity contribution in [3.05, 3.63) is 90.0 Å². The molecule has 0 saturated carbocycles. The van der Waals surface area contributed by atoms with E-state index in [4.69, 9.17) is 0 Å². The Morgan fingerprint density at radius 2 is 0.857 bits per heavy atom. The summed E-state index contributed by atoms with van der Waals surface area (Å²) >= 11 is 0. The van der Waals surface area contributed by atoms with Gasteiger partial charge in [0.05, 0.1) is 0 Å². The minimum Gasteiger partial charge on any atom is -0.0687 e. The lowest BCUT2D eigenvalue weighted by Gasteiger charge is -2.16. The molecule has 1 heteroatoms. The molecule has 0 amide bonds. The highest BCUT2D eigenvalue weighted by atomic mass is 14.0. The van der Waals surface area contributed by atoms with Crippen LogP contribution in [0.15, 0.2) is 78.9 Å². The van der Waals surface area contributed by atoms with Crippen LogP contribution in [0.1, 0.15) is 11.1 Å². The summed E-state index contributed by atoms with van der Waals surface area (Å²) in [5.41, 5.74) is 6.63. The van der Waals surface area contributed by atoms with Gasteiger partial charge in [0.25, 0.3) is 0 Å². The van der Waals surface area contributed by atoms with Gasteiger partial charge >= 0.3 is 0 Å². The van der Waals surface area contributed by atoms with Gasteiger partial charge in [-0.25, -0.2) is 0 Å². The van der Waals surface area contributed by atoms with Crippen LogP contribution < -0.4 is 16.4 Å². The lowest BCUT2D eigenvalue weighted by molar-refractivity contribution is 1.48. The zero-order valence-corrected chi connectivity index (χ0v) is 12.6. The van der Waals surface area contributed by atoms with Crippen LogP contribution >= 0.6 is 0 Å². The SMILES string of the molecule is Cc1ccc(B(c2ccccc2)c2ccc(C)cc2)cc1. The zero-order chi connectivity index (χ0) is 14.7. The molecule has 21 heavy (non-hydrogen) atoms. The summed E-state index contributed by atoms with van der Waals surface area (Å²) in [4.78, 5) is 0. The molecule has 3 rings (SSSR count). The van der Waals surface area contributed by atoms with E-state index >= 15 is 0 Å². The van der Waals surface area contributed by atoms with Crippen molar-refractivity contribution in [2.24, 2.45) is 0 Å². The number of benzene rings is 3. The molecule has 0 fully saturated rings. The number of aryl methyl sites for hydroxylation is 2. The Morgan fingerprint density at radius 1 is 0.476 bits per heavy atom. The van der Waals surface area contributed by atoms with Gasteiger partial charge < -0.3 is 0 Å². The molecule has 0 saturated heterocycles. The molecule has 0 radical (unpaired) electrons. The first-order valence-electron chi connectivity index (χ1n) is 7.42. The molecule has 3 aromatic rings. The van der Waals surface area contributed by atoms with E-state index in [1.807, 2.05) is 0 Å². The van der Waals surface area contributed by atoms with Crippen molar-refractivity contribution in [2.75, 3.05) is 0 Å². The van der Waals surface area contributed by atoms with Crippen molar-refractivity contribution in [3.8, 4) is 0 Å². The molecule has 0 unspecified atom stereocenters. The zero-order valence-electron chi connectivity index (χ0n) is 12.6. The molecule has 0 nitrogen and oxygen atoms in total. The first kappa shape index (κ1) is 13.7. The first-order valence-corrected chi connectivity index (χ1v) is 7.42. The molecule has 0 spiro atoms. The van der Waals surface area contributed by atoms with Crippen LogP contribution in [0.3, 0.4) is 0 Å². The minimum absolute atomic E-state index is 0.299. The molecule has 102 valence electrons. The number of hydrogen-bond acceptors (Lipinski definition) is 0. The number of hydrogen-bond donors (Lipinski definition) is 0. The molecule has 0 aliphatic heterocycles. The van der Waals surface area contributed by atoms with E-state index in [-0.39, 0.29) is 0 Å². The Bertz CT molecular complexity index is 652. The van der Waals surface area contributed by atoms with Crippen molar-refractivity contribution < 1.29 is 0 Å². The molecule has 0 bridgehead atoms. The highest BCUT2D eigenvalue weighted by molar-refractivity contribution is 6.95. The molecule has 0 aliphatic rings. The first-order chi connectivity index (χ1) is 10.2. The Labute approximate surface area is 127 Å². The van der Waals surface area contributed by atoms with Crippen molar-refractivity contribution in [1.82, 2.24) is 0 Å². The summed E-state index contributed by atoms with van der Waals surface area (Å²) in [6.07, 6.45) is 0. The second kappa shape index (κ2) is 6.01. The standard InChI is InChI=1S/C20H19B/c1-16-8-12-19(13-9-16)21(18-6-4-3-5-7-18)20-14-10-17(2)11-15-20/h3-15H,1-2H3. The summed E-state index contributed by atoms with van der Waals surface area (Å²) in [7, 11) is 0. The monoisotopic (exact) mass is 270 g/mol. The van der Waals surface area contributed by atoms with Gasteiger partial charge in [-0.05, 0) is 13.8 Å². The Hall–Kier alpha value is -2.28. The Morgan fingerprint density at radius 3 is 1.29 bits per heavy atom. The van der Waals surface area contributed by atoms with Gasteiger partial charge in [-0.3, -0.25) is 0 Å². The van der Waals surface area contributed by atoms with Gasteiger partial charge in [-0.15, -0.1) is 0 Å². The van der Waals surface area contributed by atoms with Crippen LogP contribution in [0.2, 0.25) is 0 Å². The Kier molecular flexibility index (Phi) is 3.92. The van der Waals surface area contributed by atoms with Gasteiger partial charge in [0.15, 0.2) is 0 Å². The van der Waals surface area contributed by atoms with Gasteiger partial charge in [-0.1, -0.05) is 106 Å². The molecule has 0 atom stereocenters. The fraction of sp³-hybridized carbons (Fsp3) is 0.100. The third kappa shape index (κ3) is 3.08. The van der Waals surface area contributed by atoms with Gasteiger partial charge in [0, 0.05) is 0 Å². The van der Waals surface area contributed by atoms with Crippen molar-refractivity contribution >= 4 is 23.1 Å². The van der Waals surface area contributed by atoms with Gasteiger partial charge in [0.1, 0.15) is 0 Å². The predicted molar refractivity (Wildman–Crippen MR) is 93.5 cm³/mol. The fourth-order valence-electron chi connectivity index (χ4n) is 2.74. The van der Waals surface area contributed by atoms with E-state index in [2.05, 4.69) is 92.7 Å². The van der Waals surface area contributed by atoms with Crippen LogP contribution in [0.5, 0.6) is 0 Å². The lowest BCUT2D eigenvalue weighted by Crippen LogP contribution is -2.51.